The third-order valence-electron chi connectivity index (χ3n) is 2.77. The molecule has 92 valence electrons. The van der Waals surface area contributed by atoms with Crippen LogP contribution in [0.15, 0.2) is 0 Å². The van der Waals surface area contributed by atoms with Crippen LogP contribution in [0, 0.1) is 0 Å². The van der Waals surface area contributed by atoms with Crippen LogP contribution >= 0.6 is 0 Å². The molecule has 0 aromatic heterocycles. The lowest BCUT2D eigenvalue weighted by Gasteiger charge is -2.30. The van der Waals surface area contributed by atoms with E-state index in [-0.39, 0.29) is 12.5 Å². The van der Waals surface area contributed by atoms with Crippen molar-refractivity contribution < 1.29 is 9.59 Å². The first-order chi connectivity index (χ1) is 7.63. The van der Waals surface area contributed by atoms with Gasteiger partial charge in [-0.3, -0.25) is 15.0 Å². The molecule has 0 aromatic carbocycles. The Labute approximate surface area is 95.8 Å². The Kier molecular flexibility index (Phi) is 5.21. The number of hydrogen-bond donors (Lipinski definition) is 3. The molecule has 3 amide bonds. The first-order valence-corrected chi connectivity index (χ1v) is 5.56. The van der Waals surface area contributed by atoms with E-state index in [1.807, 2.05) is 11.9 Å². The molecule has 0 radical (unpaired) electrons. The van der Waals surface area contributed by atoms with Crippen molar-refractivity contribution in [3.05, 3.63) is 0 Å². The second kappa shape index (κ2) is 6.44. The maximum absolute atomic E-state index is 11.4. The summed E-state index contributed by atoms with van der Waals surface area (Å²) in [6.07, 6.45) is 2.23. The van der Waals surface area contributed by atoms with Gasteiger partial charge in [0.25, 0.3) is 0 Å². The number of rotatable bonds is 3. The number of hydrogen-bond acceptors (Lipinski definition) is 4. The topological polar surface area (TPSA) is 73.5 Å². The average molecular weight is 228 g/mol. The first kappa shape index (κ1) is 12.9. The quantitative estimate of drug-likeness (QED) is 0.587. The van der Waals surface area contributed by atoms with E-state index < -0.39 is 6.03 Å². The highest BCUT2D eigenvalue weighted by Gasteiger charge is 2.19. The SMILES string of the molecule is CNC(=O)NC(=O)CN(C)C1CCCNC1. The third kappa shape index (κ3) is 4.16. The number of carbonyl (C=O) groups excluding carboxylic acids is 2. The number of nitrogens with zero attached hydrogens (tertiary/aromatic N) is 1. The van der Waals surface area contributed by atoms with E-state index in [1.54, 1.807) is 0 Å². The molecule has 1 saturated heterocycles. The Balaban J connectivity index is 2.29. The fourth-order valence-electron chi connectivity index (χ4n) is 1.79. The summed E-state index contributed by atoms with van der Waals surface area (Å²) in [5.74, 6) is -0.271. The van der Waals surface area contributed by atoms with Crippen molar-refractivity contribution in [2.75, 3.05) is 33.7 Å². The molecule has 0 bridgehead atoms. The Morgan fingerprint density at radius 3 is 2.81 bits per heavy atom. The molecule has 0 saturated carbocycles. The summed E-state index contributed by atoms with van der Waals surface area (Å²) in [7, 11) is 3.39. The van der Waals surface area contributed by atoms with Crippen molar-refractivity contribution in [3.63, 3.8) is 0 Å². The zero-order valence-electron chi connectivity index (χ0n) is 9.88. The fraction of sp³-hybridized carbons (Fsp3) is 0.800. The molecule has 6 heteroatoms. The fourth-order valence-corrected chi connectivity index (χ4v) is 1.79. The van der Waals surface area contributed by atoms with E-state index in [4.69, 9.17) is 0 Å². The van der Waals surface area contributed by atoms with E-state index >= 15 is 0 Å². The highest BCUT2D eigenvalue weighted by molar-refractivity contribution is 5.95. The molecule has 1 fully saturated rings. The maximum Gasteiger partial charge on any atom is 0.321 e. The molecule has 1 aliphatic heterocycles. The highest BCUT2D eigenvalue weighted by Crippen LogP contribution is 2.07. The van der Waals surface area contributed by atoms with Gasteiger partial charge < -0.3 is 10.6 Å². The van der Waals surface area contributed by atoms with Gasteiger partial charge in [0, 0.05) is 19.6 Å². The summed E-state index contributed by atoms with van der Waals surface area (Å²) in [5, 5.41) is 7.88. The lowest BCUT2D eigenvalue weighted by Crippen LogP contribution is -2.49. The van der Waals surface area contributed by atoms with Crippen molar-refractivity contribution >= 4 is 11.9 Å². The van der Waals surface area contributed by atoms with Crippen molar-refractivity contribution in [2.24, 2.45) is 0 Å². The lowest BCUT2D eigenvalue weighted by atomic mass is 10.1. The molecular formula is C10H20N4O2. The normalized spacial score (nSPS) is 20.6. The van der Waals surface area contributed by atoms with Crippen LogP contribution in [0.25, 0.3) is 0 Å². The zero-order valence-corrected chi connectivity index (χ0v) is 9.88. The van der Waals surface area contributed by atoms with Crippen molar-refractivity contribution in [1.29, 1.82) is 0 Å². The number of nitrogens with one attached hydrogen (secondary N) is 3. The van der Waals surface area contributed by atoms with Crippen molar-refractivity contribution in [3.8, 4) is 0 Å². The molecule has 0 aliphatic carbocycles. The van der Waals surface area contributed by atoms with E-state index in [0.717, 1.165) is 25.9 Å². The molecule has 3 N–H and O–H groups in total. The number of urea groups is 1. The molecule has 1 aliphatic rings. The van der Waals surface area contributed by atoms with Gasteiger partial charge in [0.15, 0.2) is 0 Å². The second-order valence-electron chi connectivity index (χ2n) is 4.04. The minimum Gasteiger partial charge on any atom is -0.341 e. The molecule has 6 nitrogen and oxygen atoms in total. The zero-order chi connectivity index (χ0) is 12.0. The maximum atomic E-state index is 11.4. The van der Waals surface area contributed by atoms with Gasteiger partial charge >= 0.3 is 6.03 Å². The van der Waals surface area contributed by atoms with E-state index in [0.29, 0.717) is 6.04 Å². The van der Waals surface area contributed by atoms with Crippen LogP contribution < -0.4 is 16.0 Å². The predicted molar refractivity (Wildman–Crippen MR) is 61.1 cm³/mol. The number of carbonyl (C=O) groups is 2. The van der Waals surface area contributed by atoms with E-state index in [9.17, 15) is 9.59 Å². The largest absolute Gasteiger partial charge is 0.341 e. The van der Waals surface area contributed by atoms with Crippen LogP contribution in [0.4, 0.5) is 4.79 Å². The van der Waals surface area contributed by atoms with Gasteiger partial charge in [-0.15, -0.1) is 0 Å². The molecule has 16 heavy (non-hydrogen) atoms. The molecule has 1 unspecified atom stereocenters. The van der Waals surface area contributed by atoms with E-state index in [1.165, 1.54) is 7.05 Å². The van der Waals surface area contributed by atoms with E-state index in [2.05, 4.69) is 16.0 Å². The average Bonchev–Trinajstić information content (AvgIpc) is 2.29. The number of piperidine rings is 1. The Morgan fingerprint density at radius 2 is 2.25 bits per heavy atom. The minimum atomic E-state index is -0.458. The van der Waals surface area contributed by atoms with Gasteiger partial charge in [-0.05, 0) is 26.4 Å². The smallest absolute Gasteiger partial charge is 0.321 e. The van der Waals surface area contributed by atoms with Crippen LogP contribution in [0.1, 0.15) is 12.8 Å². The van der Waals surface area contributed by atoms with Crippen LogP contribution in [-0.4, -0.2) is 56.6 Å². The predicted octanol–water partition coefficient (Wildman–Crippen LogP) is -0.874. The van der Waals surface area contributed by atoms with Gasteiger partial charge in [-0.2, -0.15) is 0 Å². The number of amides is 3. The standard InChI is InChI=1S/C10H20N4O2/c1-11-10(16)13-9(15)7-14(2)8-4-3-5-12-6-8/h8,12H,3-7H2,1-2H3,(H2,11,13,15,16). The second-order valence-corrected chi connectivity index (χ2v) is 4.04. The number of likely N-dealkylation sites (N-methyl/N-ethyl adjacent to an activating group) is 1. The van der Waals surface area contributed by atoms with Gasteiger partial charge in [0.1, 0.15) is 0 Å². The minimum absolute atomic E-state index is 0.250. The number of imide groups is 1. The van der Waals surface area contributed by atoms with Crippen LogP contribution in [0.2, 0.25) is 0 Å². The summed E-state index contributed by atoms with van der Waals surface area (Å²) in [4.78, 5) is 24.3. The Bertz CT molecular complexity index is 251. The summed E-state index contributed by atoms with van der Waals surface area (Å²) >= 11 is 0. The summed E-state index contributed by atoms with van der Waals surface area (Å²) < 4.78 is 0. The monoisotopic (exact) mass is 228 g/mol. The van der Waals surface area contributed by atoms with Crippen LogP contribution in [-0.2, 0) is 4.79 Å². The first-order valence-electron chi connectivity index (χ1n) is 5.56. The summed E-state index contributed by atoms with van der Waals surface area (Å²) in [5.41, 5.74) is 0. The van der Waals surface area contributed by atoms with Gasteiger partial charge in [-0.25, -0.2) is 4.79 Å². The lowest BCUT2D eigenvalue weighted by molar-refractivity contribution is -0.121. The van der Waals surface area contributed by atoms with Gasteiger partial charge in [0.2, 0.25) is 5.91 Å². The molecule has 1 atom stereocenters. The molecule has 1 rings (SSSR count). The summed E-state index contributed by atoms with van der Waals surface area (Å²) in [6.45, 7) is 2.21. The third-order valence-corrected chi connectivity index (χ3v) is 2.77. The van der Waals surface area contributed by atoms with Crippen LogP contribution in [0.3, 0.4) is 0 Å². The molecule has 0 aromatic rings. The Morgan fingerprint density at radius 1 is 1.50 bits per heavy atom. The molecular weight excluding hydrogens is 208 g/mol. The van der Waals surface area contributed by atoms with Crippen LogP contribution in [0.5, 0.6) is 0 Å². The highest BCUT2D eigenvalue weighted by atomic mass is 16.2. The molecule has 1 heterocycles. The van der Waals surface area contributed by atoms with Gasteiger partial charge in [0.05, 0.1) is 6.54 Å². The molecule has 0 spiro atoms. The van der Waals surface area contributed by atoms with Crippen molar-refractivity contribution in [2.45, 2.75) is 18.9 Å². The van der Waals surface area contributed by atoms with Gasteiger partial charge in [-0.1, -0.05) is 0 Å². The summed E-state index contributed by atoms with van der Waals surface area (Å²) in [6, 6.07) is -0.0793. The Hall–Kier alpha value is -1.14. The van der Waals surface area contributed by atoms with Crippen molar-refractivity contribution in [1.82, 2.24) is 20.9 Å².